The van der Waals surface area contributed by atoms with Crippen molar-refractivity contribution < 1.29 is 66.8 Å². The third-order valence-corrected chi connectivity index (χ3v) is 14.6. The fourth-order valence-electron chi connectivity index (χ4n) is 9.35. The number of piperazine rings is 1. The van der Waals surface area contributed by atoms with Gasteiger partial charge in [-0.2, -0.15) is 0 Å². The van der Waals surface area contributed by atoms with Gasteiger partial charge in [0.05, 0.1) is 65.0 Å². The van der Waals surface area contributed by atoms with Crippen molar-refractivity contribution in [3.8, 4) is 0 Å². The Hall–Kier alpha value is -4.32. The third kappa shape index (κ3) is 46.1. The van der Waals surface area contributed by atoms with E-state index < -0.39 is 49.1 Å². The molecule has 0 aromatic carbocycles. The fraction of sp³-hybridized carbons (Fsp3) is 0.875. The molecular formula is C64H116N4O14. The lowest BCUT2D eigenvalue weighted by Crippen LogP contribution is -2.64. The van der Waals surface area contributed by atoms with Crippen molar-refractivity contribution in [2.24, 2.45) is 23.7 Å². The molecular weight excluding hydrogens is 1050 g/mol. The second-order valence-corrected chi connectivity index (χ2v) is 24.4. The van der Waals surface area contributed by atoms with E-state index in [0.717, 1.165) is 77.0 Å². The summed E-state index contributed by atoms with van der Waals surface area (Å²) in [6.07, 6.45) is 26.0. The maximum Gasteiger partial charge on any atom is 0.307 e. The van der Waals surface area contributed by atoms with Crippen molar-refractivity contribution in [2.45, 2.75) is 260 Å². The second-order valence-electron chi connectivity index (χ2n) is 24.4. The molecule has 0 unspecified atom stereocenters. The van der Waals surface area contributed by atoms with Gasteiger partial charge < -0.3 is 48.9 Å². The number of amides is 2. The highest BCUT2D eigenvalue weighted by atomic mass is 16.6. The minimum absolute atomic E-state index is 0.0762. The highest BCUT2D eigenvalue weighted by Crippen LogP contribution is 2.15. The Morgan fingerprint density at radius 3 is 0.732 bits per heavy atom. The first-order valence-corrected chi connectivity index (χ1v) is 32.3. The summed E-state index contributed by atoms with van der Waals surface area (Å²) >= 11 is 0. The number of nitrogens with zero attached hydrogens (tertiary/aromatic N) is 2. The summed E-state index contributed by atoms with van der Waals surface area (Å²) in [5.41, 5.74) is 0. The van der Waals surface area contributed by atoms with Crippen molar-refractivity contribution >= 4 is 47.6 Å². The molecule has 0 aliphatic carbocycles. The Labute approximate surface area is 495 Å². The zero-order valence-electron chi connectivity index (χ0n) is 52.8. The molecule has 18 nitrogen and oxygen atoms in total. The van der Waals surface area contributed by atoms with Crippen LogP contribution in [0.3, 0.4) is 0 Å². The van der Waals surface area contributed by atoms with Gasteiger partial charge in [0.25, 0.3) is 0 Å². The maximum absolute atomic E-state index is 13.1. The van der Waals surface area contributed by atoms with Gasteiger partial charge >= 0.3 is 35.8 Å². The Balaban J connectivity index is 2.66. The van der Waals surface area contributed by atoms with Crippen LogP contribution < -0.4 is 10.6 Å². The van der Waals surface area contributed by atoms with Crippen LogP contribution in [0.15, 0.2) is 0 Å². The molecule has 2 N–H and O–H groups in total. The van der Waals surface area contributed by atoms with Crippen LogP contribution >= 0.6 is 0 Å². The molecule has 82 heavy (non-hydrogen) atoms. The van der Waals surface area contributed by atoms with Crippen LogP contribution in [0.2, 0.25) is 0 Å². The number of ether oxygens (including phenoxy) is 6. The maximum atomic E-state index is 13.1. The fourth-order valence-corrected chi connectivity index (χ4v) is 9.35. The number of hydrogen-bond acceptors (Lipinski definition) is 16. The molecule has 0 aromatic rings. The predicted molar refractivity (Wildman–Crippen MR) is 320 cm³/mol. The monoisotopic (exact) mass is 1160 g/mol. The Morgan fingerprint density at radius 1 is 0.317 bits per heavy atom. The van der Waals surface area contributed by atoms with Crippen molar-refractivity contribution in [1.29, 1.82) is 0 Å². The molecule has 476 valence electrons. The van der Waals surface area contributed by atoms with Gasteiger partial charge in [0.15, 0.2) is 0 Å². The lowest BCUT2D eigenvalue weighted by Gasteiger charge is -2.29. The summed E-state index contributed by atoms with van der Waals surface area (Å²) < 4.78 is 32.7. The first kappa shape index (κ1) is 75.7. The molecule has 0 radical (unpaired) electrons. The molecule has 2 amide bonds. The van der Waals surface area contributed by atoms with Gasteiger partial charge in [-0.05, 0) is 49.4 Å². The lowest BCUT2D eigenvalue weighted by molar-refractivity contribution is -0.152. The van der Waals surface area contributed by atoms with Crippen molar-refractivity contribution in [3.05, 3.63) is 0 Å². The van der Waals surface area contributed by atoms with Crippen molar-refractivity contribution in [1.82, 2.24) is 20.4 Å². The van der Waals surface area contributed by atoms with Gasteiger partial charge in [-0.1, -0.05) is 184 Å². The van der Waals surface area contributed by atoms with Crippen LogP contribution in [0, 0.1) is 23.7 Å². The van der Waals surface area contributed by atoms with Gasteiger partial charge in [-0.25, -0.2) is 0 Å². The van der Waals surface area contributed by atoms with E-state index in [-0.39, 0.29) is 102 Å². The summed E-state index contributed by atoms with van der Waals surface area (Å²) in [5, 5.41) is 5.09. The highest BCUT2D eigenvalue weighted by Gasteiger charge is 2.35. The summed E-state index contributed by atoms with van der Waals surface area (Å²) in [6, 6.07) is -2.37. The SMILES string of the molecule is CC(C)CCCCCCCOC(=O)CCN(CCC(=O)OCCCCCCCC(C)C)CCC(=O)OC[C@@H]1NC(=O)[C@@H](COC(=O)CCN(CCC(=O)OCCCCCCCC(C)C)CCC(=O)OCCCCCCCC(C)C)NC1=O. The van der Waals surface area contributed by atoms with Crippen molar-refractivity contribution in [2.75, 3.05) is 78.9 Å². The number of carbonyl (C=O) groups is 8. The largest absolute Gasteiger partial charge is 0.466 e. The van der Waals surface area contributed by atoms with Gasteiger partial charge in [0.2, 0.25) is 11.8 Å². The number of nitrogens with one attached hydrogen (secondary N) is 2. The van der Waals surface area contributed by atoms with Gasteiger partial charge in [0.1, 0.15) is 25.3 Å². The van der Waals surface area contributed by atoms with E-state index in [1.807, 2.05) is 9.80 Å². The minimum atomic E-state index is -1.19. The highest BCUT2D eigenvalue weighted by molar-refractivity contribution is 5.97. The zero-order chi connectivity index (χ0) is 60.6. The first-order valence-electron chi connectivity index (χ1n) is 32.3. The molecule has 0 aromatic heterocycles. The molecule has 1 aliphatic rings. The topological polar surface area (TPSA) is 222 Å². The van der Waals surface area contributed by atoms with E-state index >= 15 is 0 Å². The van der Waals surface area contributed by atoms with Crippen LogP contribution in [0.1, 0.15) is 248 Å². The predicted octanol–water partition coefficient (Wildman–Crippen LogP) is 11.2. The van der Waals surface area contributed by atoms with Gasteiger partial charge in [-0.3, -0.25) is 38.4 Å². The Morgan fingerprint density at radius 2 is 0.512 bits per heavy atom. The molecule has 18 heteroatoms. The molecule has 1 fully saturated rings. The quantitative estimate of drug-likeness (QED) is 0.0328. The summed E-state index contributed by atoms with van der Waals surface area (Å²) in [5.74, 6) is -1.18. The van der Waals surface area contributed by atoms with Crippen LogP contribution in [0.25, 0.3) is 0 Å². The van der Waals surface area contributed by atoms with Crippen LogP contribution in [-0.2, 0) is 66.8 Å². The van der Waals surface area contributed by atoms with Crippen molar-refractivity contribution in [3.63, 3.8) is 0 Å². The van der Waals surface area contributed by atoms with Crippen LogP contribution in [0.4, 0.5) is 0 Å². The summed E-state index contributed by atoms with van der Waals surface area (Å²) in [4.78, 5) is 106. The van der Waals surface area contributed by atoms with E-state index in [9.17, 15) is 38.4 Å². The molecule has 1 rings (SSSR count). The molecule has 1 aliphatic heterocycles. The van der Waals surface area contributed by atoms with Gasteiger partial charge in [0, 0.05) is 39.3 Å². The van der Waals surface area contributed by atoms with E-state index in [1.54, 1.807) is 0 Å². The van der Waals surface area contributed by atoms with Crippen LogP contribution in [-0.4, -0.2) is 148 Å². The number of rotatable bonds is 54. The lowest BCUT2D eigenvalue weighted by atomic mass is 10.0. The van der Waals surface area contributed by atoms with E-state index in [1.165, 1.54) is 77.0 Å². The second kappa shape index (κ2) is 50.0. The third-order valence-electron chi connectivity index (χ3n) is 14.6. The number of hydrogen-bond donors (Lipinski definition) is 2. The van der Waals surface area contributed by atoms with Crippen LogP contribution in [0.5, 0.6) is 0 Å². The minimum Gasteiger partial charge on any atom is -0.466 e. The average Bonchev–Trinajstić information content (AvgIpc) is 3.43. The normalized spacial score (nSPS) is 14.4. The molecule has 0 spiro atoms. The zero-order valence-corrected chi connectivity index (χ0v) is 52.8. The number of esters is 6. The Kier molecular flexibility index (Phi) is 46.2. The summed E-state index contributed by atoms with van der Waals surface area (Å²) in [7, 11) is 0. The van der Waals surface area contributed by atoms with Gasteiger partial charge in [-0.15, -0.1) is 0 Å². The number of carbonyl (C=O) groups excluding carboxylic acids is 8. The average molecular weight is 1170 g/mol. The van der Waals surface area contributed by atoms with E-state index in [4.69, 9.17) is 28.4 Å². The molecule has 0 bridgehead atoms. The van der Waals surface area contributed by atoms with E-state index in [0.29, 0.717) is 50.1 Å². The molecule has 1 heterocycles. The smallest absolute Gasteiger partial charge is 0.307 e. The first-order chi connectivity index (χ1) is 39.3. The molecule has 2 atom stereocenters. The molecule has 1 saturated heterocycles. The standard InChI is InChI=1S/C64H116N4O14/c1-51(2)29-21-13-9-17-25-45-77-57(69)33-39-67(40-34-58(70)78-46-26-18-10-14-22-30-52(3)4)43-37-61(73)81-49-55-63(75)66-56(64(76)65-55)50-82-62(74)38-44-68(41-35-59(71)79-47-27-19-11-15-23-31-53(5)6)42-36-60(72)80-48-28-20-12-16-24-32-54(7)8/h51-56H,9-50H2,1-8H3,(H,65,76)(H,66,75)/t55-,56+. The number of unbranched alkanes of at least 4 members (excludes halogenated alkanes) is 16. The summed E-state index contributed by atoms with van der Waals surface area (Å²) in [6.45, 7) is 19.6. The van der Waals surface area contributed by atoms with E-state index in [2.05, 4.69) is 66.0 Å². The molecule has 0 saturated carbocycles. The Bertz CT molecular complexity index is 1530.